The summed E-state index contributed by atoms with van der Waals surface area (Å²) in [6, 6.07) is 15.7. The first-order valence-electron chi connectivity index (χ1n) is 8.88. The fraction of sp³-hybridized carbons (Fsp3) is 0.200. The summed E-state index contributed by atoms with van der Waals surface area (Å²) >= 11 is 0. The van der Waals surface area contributed by atoms with E-state index in [1.165, 1.54) is 15.7 Å². The normalized spacial score (nSPS) is 11.0. The van der Waals surface area contributed by atoms with Crippen molar-refractivity contribution in [2.24, 2.45) is 7.05 Å². The Balaban J connectivity index is 1.34. The molecule has 4 rings (SSSR count). The van der Waals surface area contributed by atoms with Gasteiger partial charge in [0, 0.05) is 34.8 Å². The first kappa shape index (κ1) is 17.0. The molecule has 4 aromatic rings. The van der Waals surface area contributed by atoms with Gasteiger partial charge in [0.25, 0.3) is 0 Å². The molecule has 27 heavy (non-hydrogen) atoms. The summed E-state index contributed by atoms with van der Waals surface area (Å²) in [7, 11) is 1.72. The smallest absolute Gasteiger partial charge is 0.224 e. The van der Waals surface area contributed by atoms with Crippen LogP contribution in [-0.2, 0) is 18.3 Å². The second-order valence-corrected chi connectivity index (χ2v) is 6.44. The van der Waals surface area contributed by atoms with E-state index in [-0.39, 0.29) is 5.91 Å². The van der Waals surface area contributed by atoms with Gasteiger partial charge in [0.2, 0.25) is 11.7 Å². The minimum absolute atomic E-state index is 0.000837. The van der Waals surface area contributed by atoms with Crippen LogP contribution in [0.4, 0.5) is 5.69 Å². The van der Waals surface area contributed by atoms with E-state index >= 15 is 0 Å². The zero-order valence-electron chi connectivity index (χ0n) is 15.0. The lowest BCUT2D eigenvalue weighted by atomic mass is 10.1. The SMILES string of the molecule is Cn1nnc(-c2cccc(NC(=O)CCCc3c[nH]c4ccccc34)c2)n1. The van der Waals surface area contributed by atoms with Crippen LogP contribution in [0.1, 0.15) is 18.4 Å². The Morgan fingerprint density at radius 3 is 2.93 bits per heavy atom. The zero-order valence-corrected chi connectivity index (χ0v) is 15.0. The predicted molar refractivity (Wildman–Crippen MR) is 104 cm³/mol. The van der Waals surface area contributed by atoms with Crippen molar-refractivity contribution in [2.75, 3.05) is 5.32 Å². The van der Waals surface area contributed by atoms with Gasteiger partial charge in [0.1, 0.15) is 0 Å². The third-order valence-corrected chi connectivity index (χ3v) is 4.44. The van der Waals surface area contributed by atoms with E-state index in [9.17, 15) is 4.79 Å². The number of nitrogens with zero attached hydrogens (tertiary/aromatic N) is 4. The maximum absolute atomic E-state index is 12.3. The molecule has 136 valence electrons. The number of nitrogens with one attached hydrogen (secondary N) is 2. The molecular formula is C20H20N6O. The zero-order chi connectivity index (χ0) is 18.6. The van der Waals surface area contributed by atoms with Gasteiger partial charge in [-0.05, 0) is 41.8 Å². The number of aromatic nitrogens is 5. The quantitative estimate of drug-likeness (QED) is 0.552. The lowest BCUT2D eigenvalue weighted by Gasteiger charge is -2.06. The van der Waals surface area contributed by atoms with E-state index in [1.807, 2.05) is 42.6 Å². The van der Waals surface area contributed by atoms with Crippen LogP contribution in [0.5, 0.6) is 0 Å². The highest BCUT2D eigenvalue weighted by Crippen LogP contribution is 2.21. The summed E-state index contributed by atoms with van der Waals surface area (Å²) in [5.74, 6) is 0.534. The molecule has 1 amide bonds. The third kappa shape index (κ3) is 3.87. The third-order valence-electron chi connectivity index (χ3n) is 4.44. The molecule has 0 aliphatic rings. The Labute approximate surface area is 156 Å². The predicted octanol–water partition coefficient (Wildman–Crippen LogP) is 3.32. The van der Waals surface area contributed by atoms with Gasteiger partial charge < -0.3 is 10.3 Å². The fourth-order valence-electron chi connectivity index (χ4n) is 3.14. The number of hydrogen-bond donors (Lipinski definition) is 2. The summed E-state index contributed by atoms with van der Waals surface area (Å²) in [5.41, 5.74) is 3.93. The van der Waals surface area contributed by atoms with E-state index in [0.717, 1.165) is 29.6 Å². The molecule has 0 fully saturated rings. The topological polar surface area (TPSA) is 88.5 Å². The Morgan fingerprint density at radius 2 is 2.07 bits per heavy atom. The first-order chi connectivity index (χ1) is 13.2. The van der Waals surface area contributed by atoms with E-state index in [0.29, 0.717) is 12.2 Å². The number of aryl methyl sites for hydroxylation is 2. The lowest BCUT2D eigenvalue weighted by Crippen LogP contribution is -2.11. The molecule has 2 aromatic heterocycles. The molecule has 7 nitrogen and oxygen atoms in total. The Morgan fingerprint density at radius 1 is 1.19 bits per heavy atom. The number of rotatable bonds is 6. The van der Waals surface area contributed by atoms with Gasteiger partial charge in [-0.1, -0.05) is 30.3 Å². The molecular weight excluding hydrogens is 340 g/mol. The number of benzene rings is 2. The molecule has 0 atom stereocenters. The average Bonchev–Trinajstić information content (AvgIpc) is 3.29. The maximum atomic E-state index is 12.3. The Hall–Kier alpha value is -3.48. The van der Waals surface area contributed by atoms with Crippen molar-refractivity contribution in [3.05, 3.63) is 60.3 Å². The molecule has 0 spiro atoms. The van der Waals surface area contributed by atoms with Gasteiger partial charge in [0.15, 0.2) is 0 Å². The number of hydrogen-bond acceptors (Lipinski definition) is 4. The number of para-hydroxylation sites is 1. The molecule has 0 saturated carbocycles. The molecule has 0 radical (unpaired) electrons. The van der Waals surface area contributed by atoms with Crippen LogP contribution in [-0.4, -0.2) is 31.1 Å². The summed E-state index contributed by atoms with van der Waals surface area (Å²) in [4.78, 5) is 17.0. The van der Waals surface area contributed by atoms with Crippen molar-refractivity contribution < 1.29 is 4.79 Å². The molecule has 0 unspecified atom stereocenters. The number of aromatic amines is 1. The van der Waals surface area contributed by atoms with Crippen molar-refractivity contribution >= 4 is 22.5 Å². The van der Waals surface area contributed by atoms with E-state index in [1.54, 1.807) is 7.05 Å². The van der Waals surface area contributed by atoms with Crippen LogP contribution in [0.15, 0.2) is 54.7 Å². The fourth-order valence-corrected chi connectivity index (χ4v) is 3.14. The highest BCUT2D eigenvalue weighted by molar-refractivity contribution is 5.91. The summed E-state index contributed by atoms with van der Waals surface area (Å²) in [5, 5.41) is 16.2. The highest BCUT2D eigenvalue weighted by Gasteiger charge is 2.08. The lowest BCUT2D eigenvalue weighted by molar-refractivity contribution is -0.116. The van der Waals surface area contributed by atoms with Crippen LogP contribution in [0.2, 0.25) is 0 Å². The van der Waals surface area contributed by atoms with Gasteiger partial charge >= 0.3 is 0 Å². The van der Waals surface area contributed by atoms with E-state index in [2.05, 4.69) is 37.8 Å². The van der Waals surface area contributed by atoms with Crippen LogP contribution < -0.4 is 5.32 Å². The van der Waals surface area contributed by atoms with Crippen LogP contribution in [0.3, 0.4) is 0 Å². The standard InChI is InChI=1S/C20H20N6O/c1-26-24-20(23-25-26)14-6-4-8-16(12-14)22-19(27)11-5-7-15-13-21-18-10-3-2-9-17(15)18/h2-4,6,8-10,12-13,21H,5,7,11H2,1H3,(H,22,27). The van der Waals surface area contributed by atoms with Crippen molar-refractivity contribution in [3.8, 4) is 11.4 Å². The van der Waals surface area contributed by atoms with Gasteiger partial charge in [-0.15, -0.1) is 10.2 Å². The van der Waals surface area contributed by atoms with Crippen molar-refractivity contribution in [1.29, 1.82) is 0 Å². The van der Waals surface area contributed by atoms with E-state index < -0.39 is 0 Å². The van der Waals surface area contributed by atoms with Crippen LogP contribution in [0.25, 0.3) is 22.3 Å². The summed E-state index contributed by atoms with van der Waals surface area (Å²) in [6.07, 6.45) is 4.15. The van der Waals surface area contributed by atoms with Crippen molar-refractivity contribution in [3.63, 3.8) is 0 Å². The number of amides is 1. The molecule has 2 aromatic carbocycles. The minimum atomic E-state index is -0.000837. The molecule has 2 heterocycles. The molecule has 7 heteroatoms. The summed E-state index contributed by atoms with van der Waals surface area (Å²) < 4.78 is 0. The van der Waals surface area contributed by atoms with Crippen molar-refractivity contribution in [1.82, 2.24) is 25.2 Å². The maximum Gasteiger partial charge on any atom is 0.224 e. The number of carbonyl (C=O) groups excluding carboxylic acids is 1. The van der Waals surface area contributed by atoms with Gasteiger partial charge in [0.05, 0.1) is 7.05 Å². The second-order valence-electron chi connectivity index (χ2n) is 6.44. The minimum Gasteiger partial charge on any atom is -0.361 e. The van der Waals surface area contributed by atoms with Crippen LogP contribution in [0, 0.1) is 0 Å². The number of H-pyrrole nitrogens is 1. The number of tetrazole rings is 1. The second kappa shape index (κ2) is 7.41. The van der Waals surface area contributed by atoms with E-state index in [4.69, 9.17) is 0 Å². The summed E-state index contributed by atoms with van der Waals surface area (Å²) in [6.45, 7) is 0. The van der Waals surface area contributed by atoms with Gasteiger partial charge in [-0.25, -0.2) is 0 Å². The largest absolute Gasteiger partial charge is 0.361 e. The molecule has 0 bridgehead atoms. The first-order valence-corrected chi connectivity index (χ1v) is 8.88. The highest BCUT2D eigenvalue weighted by atomic mass is 16.1. The number of carbonyl (C=O) groups is 1. The van der Waals surface area contributed by atoms with Gasteiger partial charge in [-0.2, -0.15) is 4.80 Å². The molecule has 0 aliphatic carbocycles. The van der Waals surface area contributed by atoms with Crippen molar-refractivity contribution in [2.45, 2.75) is 19.3 Å². The van der Waals surface area contributed by atoms with Gasteiger partial charge in [-0.3, -0.25) is 4.79 Å². The number of fused-ring (bicyclic) bond motifs is 1. The molecule has 2 N–H and O–H groups in total. The average molecular weight is 360 g/mol. The molecule has 0 saturated heterocycles. The molecule has 0 aliphatic heterocycles. The Kier molecular flexibility index (Phi) is 4.65. The Bertz CT molecular complexity index is 1080. The van der Waals surface area contributed by atoms with Crippen LogP contribution >= 0.6 is 0 Å². The number of anilines is 1. The monoisotopic (exact) mass is 360 g/mol.